The first-order chi connectivity index (χ1) is 16.1. The molecule has 0 fully saturated rings. The van der Waals surface area contributed by atoms with Crippen LogP contribution in [0.25, 0.3) is 15.9 Å². The molecule has 4 heterocycles. The molecule has 33 heavy (non-hydrogen) atoms. The van der Waals surface area contributed by atoms with Gasteiger partial charge in [0.2, 0.25) is 0 Å². The summed E-state index contributed by atoms with van der Waals surface area (Å²) in [6, 6.07) is 16.3. The van der Waals surface area contributed by atoms with Gasteiger partial charge in [-0.1, -0.05) is 36.4 Å². The molecule has 0 unspecified atom stereocenters. The lowest BCUT2D eigenvalue weighted by Crippen LogP contribution is -2.40. The van der Waals surface area contributed by atoms with Gasteiger partial charge in [-0.3, -0.25) is 23.1 Å². The van der Waals surface area contributed by atoms with Crippen LogP contribution in [0.5, 0.6) is 0 Å². The maximum atomic E-state index is 13.6. The number of pyridine rings is 1. The largest absolute Gasteiger partial charge is 0.332 e. The number of hydrogen-bond acceptors (Lipinski definition) is 5. The fourth-order valence-electron chi connectivity index (χ4n) is 4.65. The summed E-state index contributed by atoms with van der Waals surface area (Å²) in [6.07, 6.45) is 4.47. The van der Waals surface area contributed by atoms with Crippen molar-refractivity contribution in [2.24, 2.45) is 0 Å². The van der Waals surface area contributed by atoms with Crippen LogP contribution in [0.4, 0.5) is 0 Å². The van der Waals surface area contributed by atoms with Crippen molar-refractivity contribution >= 4 is 27.2 Å². The van der Waals surface area contributed by atoms with Crippen LogP contribution in [0.2, 0.25) is 0 Å². The summed E-state index contributed by atoms with van der Waals surface area (Å²) in [5, 5.41) is 0.639. The molecule has 6 rings (SSSR count). The standard InChI is InChI=1S/C25H20N4O3S/c30-21-13-17(26-20-11-4-5-12-27(20)21)15-29-24-22(18-9-6-10-19(18)33-24)23(31)28(25(29)32)14-16-7-2-1-3-8-16/h1-5,7-8,11-13H,6,9-10,14-15H2. The van der Waals surface area contributed by atoms with Gasteiger partial charge >= 0.3 is 5.69 Å². The first kappa shape index (κ1) is 19.9. The van der Waals surface area contributed by atoms with E-state index in [4.69, 9.17) is 0 Å². The quantitative estimate of drug-likeness (QED) is 0.417. The number of hydrogen-bond donors (Lipinski definition) is 0. The third-order valence-corrected chi connectivity index (χ3v) is 7.51. The van der Waals surface area contributed by atoms with Gasteiger partial charge in [0, 0.05) is 17.1 Å². The minimum Gasteiger partial charge on any atom is -0.278 e. The highest BCUT2D eigenvalue weighted by Gasteiger charge is 2.25. The van der Waals surface area contributed by atoms with E-state index in [1.165, 1.54) is 31.2 Å². The van der Waals surface area contributed by atoms with Crippen LogP contribution in [-0.4, -0.2) is 18.5 Å². The predicted octanol–water partition coefficient (Wildman–Crippen LogP) is 2.82. The minimum atomic E-state index is -0.383. The van der Waals surface area contributed by atoms with E-state index in [1.54, 1.807) is 22.9 Å². The van der Waals surface area contributed by atoms with Crippen molar-refractivity contribution in [2.75, 3.05) is 0 Å². The molecule has 4 aromatic heterocycles. The minimum absolute atomic E-state index is 0.129. The van der Waals surface area contributed by atoms with Gasteiger partial charge in [0.05, 0.1) is 24.2 Å². The molecule has 8 heteroatoms. The van der Waals surface area contributed by atoms with Gasteiger partial charge in [0.25, 0.3) is 11.1 Å². The first-order valence-electron chi connectivity index (χ1n) is 10.9. The second-order valence-corrected chi connectivity index (χ2v) is 9.38. The molecule has 0 spiro atoms. The maximum Gasteiger partial charge on any atom is 0.332 e. The third kappa shape index (κ3) is 3.25. The molecule has 0 amide bonds. The van der Waals surface area contributed by atoms with E-state index in [2.05, 4.69) is 4.98 Å². The molecule has 5 aromatic rings. The van der Waals surface area contributed by atoms with Gasteiger partial charge in [0.15, 0.2) is 0 Å². The summed E-state index contributed by atoms with van der Waals surface area (Å²) >= 11 is 1.52. The lowest BCUT2D eigenvalue weighted by molar-refractivity contribution is 0.631. The SMILES string of the molecule is O=c1c2c3c(sc2n(Cc2cc(=O)n4ccccc4n2)c(=O)n1Cc1ccccc1)CCC3. The van der Waals surface area contributed by atoms with Crippen molar-refractivity contribution in [3.63, 3.8) is 0 Å². The summed E-state index contributed by atoms with van der Waals surface area (Å²) in [5.41, 5.74) is 2.15. The Balaban J connectivity index is 1.58. The molecule has 0 bridgehead atoms. The number of thiophene rings is 1. The van der Waals surface area contributed by atoms with E-state index in [0.29, 0.717) is 21.6 Å². The topological polar surface area (TPSA) is 78.4 Å². The second kappa shape index (κ2) is 7.67. The number of aromatic nitrogens is 4. The van der Waals surface area contributed by atoms with E-state index in [1.807, 2.05) is 36.4 Å². The number of fused-ring (bicyclic) bond motifs is 4. The molecule has 0 saturated heterocycles. The van der Waals surface area contributed by atoms with Crippen molar-refractivity contribution in [3.05, 3.63) is 114 Å². The summed E-state index contributed by atoms with van der Waals surface area (Å²) < 4.78 is 4.40. The zero-order valence-electron chi connectivity index (χ0n) is 17.7. The van der Waals surface area contributed by atoms with Crippen molar-refractivity contribution in [3.8, 4) is 0 Å². The Morgan fingerprint density at radius 2 is 1.73 bits per heavy atom. The zero-order valence-corrected chi connectivity index (χ0v) is 18.5. The van der Waals surface area contributed by atoms with Crippen LogP contribution < -0.4 is 16.8 Å². The Labute approximate surface area is 191 Å². The van der Waals surface area contributed by atoms with Crippen LogP contribution in [0.15, 0.2) is 75.2 Å². The highest BCUT2D eigenvalue weighted by atomic mass is 32.1. The summed E-state index contributed by atoms with van der Waals surface area (Å²) in [7, 11) is 0. The summed E-state index contributed by atoms with van der Waals surface area (Å²) in [6.45, 7) is 0.331. The van der Waals surface area contributed by atoms with Crippen molar-refractivity contribution in [1.82, 2.24) is 18.5 Å². The lowest BCUT2D eigenvalue weighted by Gasteiger charge is -2.13. The smallest absolute Gasteiger partial charge is 0.278 e. The second-order valence-electron chi connectivity index (χ2n) is 8.30. The van der Waals surface area contributed by atoms with Crippen LogP contribution in [0, 0.1) is 0 Å². The molecule has 0 N–H and O–H groups in total. The number of benzene rings is 1. The van der Waals surface area contributed by atoms with E-state index in [-0.39, 0.29) is 29.9 Å². The van der Waals surface area contributed by atoms with Gasteiger partial charge < -0.3 is 0 Å². The summed E-state index contributed by atoms with van der Waals surface area (Å²) in [5.74, 6) is 0. The van der Waals surface area contributed by atoms with Gasteiger partial charge in [-0.05, 0) is 42.5 Å². The fourth-order valence-corrected chi connectivity index (χ4v) is 6.02. The lowest BCUT2D eigenvalue weighted by atomic mass is 10.2. The Morgan fingerprint density at radius 1 is 0.909 bits per heavy atom. The van der Waals surface area contributed by atoms with Crippen molar-refractivity contribution < 1.29 is 0 Å². The molecule has 1 aromatic carbocycles. The Kier molecular flexibility index (Phi) is 4.62. The molecule has 1 aliphatic rings. The van der Waals surface area contributed by atoms with Crippen molar-refractivity contribution in [2.45, 2.75) is 32.4 Å². The van der Waals surface area contributed by atoms with Gasteiger partial charge in [-0.2, -0.15) is 0 Å². The van der Waals surface area contributed by atoms with Crippen LogP contribution >= 0.6 is 11.3 Å². The molecular weight excluding hydrogens is 436 g/mol. The monoisotopic (exact) mass is 456 g/mol. The number of nitrogens with zero attached hydrogens (tertiary/aromatic N) is 4. The molecule has 1 aliphatic carbocycles. The normalized spacial score (nSPS) is 13.1. The zero-order chi connectivity index (χ0) is 22.5. The van der Waals surface area contributed by atoms with Crippen LogP contribution in [0.3, 0.4) is 0 Å². The highest BCUT2D eigenvalue weighted by molar-refractivity contribution is 7.18. The van der Waals surface area contributed by atoms with E-state index in [9.17, 15) is 14.4 Å². The van der Waals surface area contributed by atoms with Gasteiger partial charge in [0.1, 0.15) is 10.5 Å². The summed E-state index contributed by atoms with van der Waals surface area (Å²) in [4.78, 5) is 46.2. The Hall–Kier alpha value is -3.78. The van der Waals surface area contributed by atoms with Gasteiger partial charge in [-0.15, -0.1) is 11.3 Å². The number of aryl methyl sites for hydroxylation is 2. The van der Waals surface area contributed by atoms with E-state index >= 15 is 0 Å². The first-order valence-corrected chi connectivity index (χ1v) is 11.7. The van der Waals surface area contributed by atoms with Crippen molar-refractivity contribution in [1.29, 1.82) is 0 Å². The van der Waals surface area contributed by atoms with Gasteiger partial charge in [-0.25, -0.2) is 9.78 Å². The van der Waals surface area contributed by atoms with Crippen LogP contribution in [0.1, 0.15) is 28.1 Å². The molecular formula is C25H20N4O3S. The Morgan fingerprint density at radius 3 is 2.58 bits per heavy atom. The fraction of sp³-hybridized carbons (Fsp3) is 0.200. The third-order valence-electron chi connectivity index (χ3n) is 6.20. The highest BCUT2D eigenvalue weighted by Crippen LogP contribution is 2.35. The molecule has 0 radical (unpaired) electrons. The molecule has 7 nitrogen and oxygen atoms in total. The van der Waals surface area contributed by atoms with E-state index < -0.39 is 0 Å². The average Bonchev–Trinajstić information content (AvgIpc) is 3.42. The van der Waals surface area contributed by atoms with Crippen LogP contribution in [-0.2, 0) is 25.9 Å². The molecule has 164 valence electrons. The number of rotatable bonds is 4. The van der Waals surface area contributed by atoms with E-state index in [0.717, 1.165) is 30.4 Å². The molecule has 0 saturated carbocycles. The molecule has 0 atom stereocenters. The predicted molar refractivity (Wildman–Crippen MR) is 128 cm³/mol. The molecule has 0 aliphatic heterocycles. The maximum absolute atomic E-state index is 13.6. The Bertz CT molecular complexity index is 1710. The average molecular weight is 457 g/mol.